The van der Waals surface area contributed by atoms with E-state index < -0.39 is 0 Å². The minimum atomic E-state index is -0.0873. The number of nitrogens with zero attached hydrogens (tertiary/aromatic N) is 3. The van der Waals surface area contributed by atoms with Gasteiger partial charge < -0.3 is 9.67 Å². The maximum Gasteiger partial charge on any atom is 0.164 e. The molecule has 2 rings (SSSR count). The molecule has 1 N–H and O–H groups in total. The first-order valence-electron chi connectivity index (χ1n) is 6.17. The van der Waals surface area contributed by atoms with Crippen LogP contribution in [0.1, 0.15) is 36.8 Å². The van der Waals surface area contributed by atoms with Crippen LogP contribution in [0.15, 0.2) is 18.2 Å². The van der Waals surface area contributed by atoms with E-state index in [4.69, 9.17) is 0 Å². The summed E-state index contributed by atoms with van der Waals surface area (Å²) in [4.78, 5) is 0. The summed E-state index contributed by atoms with van der Waals surface area (Å²) >= 11 is 0. The summed E-state index contributed by atoms with van der Waals surface area (Å²) in [5.74, 6) is 1.44. The van der Waals surface area contributed by atoms with Gasteiger partial charge in [0.25, 0.3) is 0 Å². The van der Waals surface area contributed by atoms with E-state index in [1.54, 1.807) is 0 Å². The Balaban J connectivity index is 2.64. The first-order valence-corrected chi connectivity index (χ1v) is 6.17. The third-order valence-electron chi connectivity index (χ3n) is 3.27. The highest BCUT2D eigenvalue weighted by Gasteiger charge is 2.17. The molecule has 0 saturated heterocycles. The van der Waals surface area contributed by atoms with Crippen molar-refractivity contribution in [1.82, 2.24) is 14.8 Å². The lowest BCUT2D eigenvalue weighted by molar-refractivity contribution is 0.262. The molecule has 0 aliphatic heterocycles. The summed E-state index contributed by atoms with van der Waals surface area (Å²) in [5.41, 5.74) is 3.52. The number of aromatic nitrogens is 3. The fourth-order valence-corrected chi connectivity index (χ4v) is 2.15. The Morgan fingerprint density at radius 1 is 1.22 bits per heavy atom. The van der Waals surface area contributed by atoms with Crippen LogP contribution in [-0.4, -0.2) is 19.9 Å². The SMILES string of the molecule is Cc1cccc(-c2nnc(CO)n2C(C)C)c1C. The Morgan fingerprint density at radius 3 is 2.56 bits per heavy atom. The molecule has 0 saturated carbocycles. The van der Waals surface area contributed by atoms with Crippen molar-refractivity contribution in [3.05, 3.63) is 35.2 Å². The number of benzene rings is 1. The molecule has 0 radical (unpaired) electrons. The van der Waals surface area contributed by atoms with Crippen LogP contribution in [0.2, 0.25) is 0 Å². The third-order valence-corrected chi connectivity index (χ3v) is 3.27. The minimum Gasteiger partial charge on any atom is -0.388 e. The summed E-state index contributed by atoms with van der Waals surface area (Å²) in [6.45, 7) is 8.22. The fraction of sp³-hybridized carbons (Fsp3) is 0.429. The molecule has 0 atom stereocenters. The smallest absolute Gasteiger partial charge is 0.164 e. The van der Waals surface area contributed by atoms with E-state index in [2.05, 4.69) is 44.0 Å². The number of aryl methyl sites for hydroxylation is 1. The normalized spacial score (nSPS) is 11.2. The fourth-order valence-electron chi connectivity index (χ4n) is 2.15. The Kier molecular flexibility index (Phi) is 3.48. The average Bonchev–Trinajstić information content (AvgIpc) is 2.76. The topological polar surface area (TPSA) is 50.9 Å². The zero-order valence-corrected chi connectivity index (χ0v) is 11.3. The van der Waals surface area contributed by atoms with Gasteiger partial charge in [-0.15, -0.1) is 10.2 Å². The first-order chi connectivity index (χ1) is 8.56. The van der Waals surface area contributed by atoms with Gasteiger partial charge >= 0.3 is 0 Å². The molecule has 96 valence electrons. The van der Waals surface area contributed by atoms with E-state index in [1.807, 2.05) is 16.7 Å². The maximum atomic E-state index is 9.33. The molecule has 0 amide bonds. The van der Waals surface area contributed by atoms with Gasteiger partial charge in [0.2, 0.25) is 0 Å². The van der Waals surface area contributed by atoms with Crippen LogP contribution in [-0.2, 0) is 6.61 Å². The zero-order valence-electron chi connectivity index (χ0n) is 11.3. The Labute approximate surface area is 107 Å². The van der Waals surface area contributed by atoms with E-state index in [9.17, 15) is 5.11 Å². The molecule has 0 aliphatic rings. The monoisotopic (exact) mass is 245 g/mol. The molecule has 2 aromatic rings. The van der Waals surface area contributed by atoms with Crippen molar-refractivity contribution < 1.29 is 5.11 Å². The summed E-state index contributed by atoms with van der Waals surface area (Å²) in [6.07, 6.45) is 0. The molecule has 18 heavy (non-hydrogen) atoms. The van der Waals surface area contributed by atoms with E-state index in [0.717, 1.165) is 11.4 Å². The van der Waals surface area contributed by atoms with E-state index in [0.29, 0.717) is 5.82 Å². The quantitative estimate of drug-likeness (QED) is 0.904. The summed E-state index contributed by atoms with van der Waals surface area (Å²) in [7, 11) is 0. The second-order valence-corrected chi connectivity index (χ2v) is 4.81. The van der Waals surface area contributed by atoms with Crippen molar-refractivity contribution >= 4 is 0 Å². The standard InChI is InChI=1S/C14H19N3O/c1-9(2)17-13(8-18)15-16-14(17)12-7-5-6-10(3)11(12)4/h5-7,9,18H,8H2,1-4H3. The van der Waals surface area contributed by atoms with E-state index in [1.165, 1.54) is 11.1 Å². The molecule has 0 spiro atoms. The second kappa shape index (κ2) is 4.90. The first kappa shape index (κ1) is 12.8. The van der Waals surface area contributed by atoms with Crippen LogP contribution in [0, 0.1) is 13.8 Å². The van der Waals surface area contributed by atoms with Crippen LogP contribution in [0.4, 0.5) is 0 Å². The Hall–Kier alpha value is -1.68. The van der Waals surface area contributed by atoms with Gasteiger partial charge in [-0.1, -0.05) is 18.2 Å². The maximum absolute atomic E-state index is 9.33. The van der Waals surface area contributed by atoms with Crippen LogP contribution in [0.5, 0.6) is 0 Å². The van der Waals surface area contributed by atoms with Gasteiger partial charge in [-0.2, -0.15) is 0 Å². The molecule has 1 aromatic carbocycles. The number of hydrogen-bond donors (Lipinski definition) is 1. The summed E-state index contributed by atoms with van der Waals surface area (Å²) in [6, 6.07) is 6.38. The van der Waals surface area contributed by atoms with E-state index in [-0.39, 0.29) is 12.6 Å². The lowest BCUT2D eigenvalue weighted by Crippen LogP contribution is -2.08. The van der Waals surface area contributed by atoms with Gasteiger partial charge in [0.05, 0.1) is 0 Å². The molecule has 4 heteroatoms. The summed E-state index contributed by atoms with van der Waals surface area (Å²) in [5, 5.41) is 17.6. The molecule has 4 nitrogen and oxygen atoms in total. The molecule has 1 aromatic heterocycles. The van der Waals surface area contributed by atoms with Crippen molar-refractivity contribution in [2.75, 3.05) is 0 Å². The number of rotatable bonds is 3. The number of aliphatic hydroxyl groups excluding tert-OH is 1. The molecule has 0 fully saturated rings. The average molecular weight is 245 g/mol. The van der Waals surface area contributed by atoms with Crippen molar-refractivity contribution in [2.24, 2.45) is 0 Å². The van der Waals surface area contributed by atoms with Crippen molar-refractivity contribution in [3.8, 4) is 11.4 Å². The molecular formula is C14H19N3O. The molecule has 0 unspecified atom stereocenters. The third kappa shape index (κ3) is 2.04. The summed E-state index contributed by atoms with van der Waals surface area (Å²) < 4.78 is 1.99. The van der Waals surface area contributed by atoms with Crippen LogP contribution in [0.25, 0.3) is 11.4 Å². The van der Waals surface area contributed by atoms with Gasteiger partial charge in [0, 0.05) is 11.6 Å². The molecule has 0 aliphatic carbocycles. The number of hydrogen-bond acceptors (Lipinski definition) is 3. The van der Waals surface area contributed by atoms with Crippen molar-refractivity contribution in [1.29, 1.82) is 0 Å². The van der Waals surface area contributed by atoms with Crippen LogP contribution >= 0.6 is 0 Å². The Bertz CT molecular complexity index is 558. The van der Waals surface area contributed by atoms with Crippen LogP contribution in [0.3, 0.4) is 0 Å². The highest BCUT2D eigenvalue weighted by molar-refractivity contribution is 5.62. The minimum absolute atomic E-state index is 0.0873. The van der Waals surface area contributed by atoms with E-state index >= 15 is 0 Å². The highest BCUT2D eigenvalue weighted by Crippen LogP contribution is 2.26. The van der Waals surface area contributed by atoms with Crippen LogP contribution < -0.4 is 0 Å². The van der Waals surface area contributed by atoms with Crippen molar-refractivity contribution in [3.63, 3.8) is 0 Å². The lowest BCUT2D eigenvalue weighted by Gasteiger charge is -2.15. The van der Waals surface area contributed by atoms with Gasteiger partial charge in [0.15, 0.2) is 11.6 Å². The van der Waals surface area contributed by atoms with Gasteiger partial charge in [0.1, 0.15) is 6.61 Å². The van der Waals surface area contributed by atoms with Crippen molar-refractivity contribution in [2.45, 2.75) is 40.3 Å². The van der Waals surface area contributed by atoms with Gasteiger partial charge in [-0.3, -0.25) is 0 Å². The second-order valence-electron chi connectivity index (χ2n) is 4.81. The van der Waals surface area contributed by atoms with Gasteiger partial charge in [-0.05, 0) is 38.8 Å². The predicted octanol–water partition coefficient (Wildman–Crippen LogP) is 2.64. The Morgan fingerprint density at radius 2 is 1.94 bits per heavy atom. The zero-order chi connectivity index (χ0) is 13.3. The molecule has 0 bridgehead atoms. The highest BCUT2D eigenvalue weighted by atomic mass is 16.3. The van der Waals surface area contributed by atoms with Gasteiger partial charge in [-0.25, -0.2) is 0 Å². The largest absolute Gasteiger partial charge is 0.388 e. The number of aliphatic hydroxyl groups is 1. The molecular weight excluding hydrogens is 226 g/mol. The lowest BCUT2D eigenvalue weighted by atomic mass is 10.0. The predicted molar refractivity (Wildman–Crippen MR) is 71.2 cm³/mol. The molecule has 1 heterocycles.